The molecule has 0 aromatic carbocycles. The molecule has 98 valence electrons. The van der Waals surface area contributed by atoms with Crippen LogP contribution in [0.1, 0.15) is 20.3 Å². The lowest BCUT2D eigenvalue weighted by molar-refractivity contribution is 0.128. The molecule has 7 heteroatoms. The summed E-state index contributed by atoms with van der Waals surface area (Å²) < 4.78 is 30.9. The van der Waals surface area contributed by atoms with Gasteiger partial charge in [-0.05, 0) is 18.4 Å². The monoisotopic (exact) mass is 261 g/mol. The van der Waals surface area contributed by atoms with Crippen LogP contribution in [-0.4, -0.2) is 38.4 Å². The number of H-pyrrole nitrogens is 1. The van der Waals surface area contributed by atoms with Crippen molar-refractivity contribution in [1.82, 2.24) is 14.9 Å². The van der Waals surface area contributed by atoms with Crippen LogP contribution in [0.5, 0.6) is 0 Å². The topological polar surface area (TPSA) is 84.1 Å². The Balaban J connectivity index is 2.19. The van der Waals surface area contributed by atoms with Gasteiger partial charge in [-0.15, -0.1) is 0 Å². The molecular formula is C10H19N3O3S. The maximum atomic E-state index is 11.6. The lowest BCUT2D eigenvalue weighted by atomic mass is 10.1. The smallest absolute Gasteiger partial charge is 0.257 e. The first kappa shape index (κ1) is 14.1. The van der Waals surface area contributed by atoms with Crippen molar-refractivity contribution in [1.29, 1.82) is 0 Å². The van der Waals surface area contributed by atoms with Crippen LogP contribution in [-0.2, 0) is 14.8 Å². The molecule has 17 heavy (non-hydrogen) atoms. The normalized spacial score (nSPS) is 12.2. The van der Waals surface area contributed by atoms with E-state index in [1.165, 1.54) is 12.3 Å². The minimum Gasteiger partial charge on any atom is -0.380 e. The summed E-state index contributed by atoms with van der Waals surface area (Å²) in [5.41, 5.74) is 0. The third-order valence-electron chi connectivity index (χ3n) is 2.14. The van der Waals surface area contributed by atoms with Gasteiger partial charge >= 0.3 is 0 Å². The van der Waals surface area contributed by atoms with Crippen molar-refractivity contribution >= 4 is 10.0 Å². The van der Waals surface area contributed by atoms with Crippen LogP contribution in [0.2, 0.25) is 0 Å². The van der Waals surface area contributed by atoms with Gasteiger partial charge in [-0.25, -0.2) is 13.1 Å². The summed E-state index contributed by atoms with van der Waals surface area (Å²) in [5, 5.41) is 6.06. The summed E-state index contributed by atoms with van der Waals surface area (Å²) in [7, 11) is -3.47. The number of nitrogens with one attached hydrogen (secondary N) is 2. The van der Waals surface area contributed by atoms with Gasteiger partial charge in [-0.2, -0.15) is 5.10 Å². The van der Waals surface area contributed by atoms with Gasteiger partial charge < -0.3 is 4.74 Å². The number of sulfonamides is 1. The van der Waals surface area contributed by atoms with Crippen molar-refractivity contribution in [2.75, 3.05) is 19.8 Å². The Hall–Kier alpha value is -0.920. The van der Waals surface area contributed by atoms with Crippen molar-refractivity contribution in [3.63, 3.8) is 0 Å². The number of hydrogen-bond acceptors (Lipinski definition) is 4. The molecular weight excluding hydrogens is 242 g/mol. The Morgan fingerprint density at radius 2 is 2.24 bits per heavy atom. The lowest BCUT2D eigenvalue weighted by Crippen LogP contribution is -2.28. The fourth-order valence-corrected chi connectivity index (χ4v) is 2.06. The molecule has 1 aromatic rings. The zero-order chi connectivity index (χ0) is 12.7. The van der Waals surface area contributed by atoms with Crippen LogP contribution in [0.3, 0.4) is 0 Å². The van der Waals surface area contributed by atoms with Crippen molar-refractivity contribution in [2.45, 2.75) is 25.3 Å². The number of rotatable bonds is 8. The van der Waals surface area contributed by atoms with Crippen molar-refractivity contribution in [3.8, 4) is 0 Å². The highest BCUT2D eigenvalue weighted by molar-refractivity contribution is 7.89. The van der Waals surface area contributed by atoms with E-state index >= 15 is 0 Å². The predicted octanol–water partition coefficient (Wildman–Crippen LogP) is 0.751. The highest BCUT2D eigenvalue weighted by Crippen LogP contribution is 2.01. The van der Waals surface area contributed by atoms with Gasteiger partial charge in [0.25, 0.3) is 10.0 Å². The van der Waals surface area contributed by atoms with E-state index in [0.29, 0.717) is 19.1 Å². The largest absolute Gasteiger partial charge is 0.380 e. The van der Waals surface area contributed by atoms with E-state index in [0.717, 1.165) is 6.42 Å². The van der Waals surface area contributed by atoms with Crippen molar-refractivity contribution < 1.29 is 13.2 Å². The van der Waals surface area contributed by atoms with Crippen molar-refractivity contribution in [2.24, 2.45) is 5.92 Å². The molecule has 2 N–H and O–H groups in total. The number of nitrogens with zero attached hydrogens (tertiary/aromatic N) is 1. The quantitative estimate of drug-likeness (QED) is 0.676. The van der Waals surface area contributed by atoms with Crippen LogP contribution >= 0.6 is 0 Å². The molecule has 0 saturated heterocycles. The molecule has 0 unspecified atom stereocenters. The van der Waals surface area contributed by atoms with Gasteiger partial charge in [-0.3, -0.25) is 5.10 Å². The molecule has 0 atom stereocenters. The van der Waals surface area contributed by atoms with E-state index in [2.05, 4.69) is 28.8 Å². The average Bonchev–Trinajstić information content (AvgIpc) is 2.76. The maximum Gasteiger partial charge on any atom is 0.257 e. The molecule has 0 saturated carbocycles. The summed E-state index contributed by atoms with van der Waals surface area (Å²) in [6, 6.07) is 1.40. The number of ether oxygens (including phenoxy) is 1. The van der Waals surface area contributed by atoms with E-state index in [1.54, 1.807) is 0 Å². The third kappa shape index (κ3) is 5.29. The minimum absolute atomic E-state index is 0.0691. The standard InChI is InChI=1S/C10H19N3O3S/c1-9(2)4-7-16-8-6-12-17(14,15)10-3-5-11-13-10/h3,5,9,12H,4,6-8H2,1-2H3,(H,11,13). The van der Waals surface area contributed by atoms with E-state index in [-0.39, 0.29) is 11.6 Å². The summed E-state index contributed by atoms with van der Waals surface area (Å²) in [4.78, 5) is 0. The zero-order valence-electron chi connectivity index (χ0n) is 10.1. The summed E-state index contributed by atoms with van der Waals surface area (Å²) in [6.07, 6.45) is 2.38. The van der Waals surface area contributed by atoms with E-state index < -0.39 is 10.0 Å². The van der Waals surface area contributed by atoms with Crippen LogP contribution in [0.15, 0.2) is 17.3 Å². The summed E-state index contributed by atoms with van der Waals surface area (Å²) in [5.74, 6) is 0.594. The highest BCUT2D eigenvalue weighted by atomic mass is 32.2. The van der Waals surface area contributed by atoms with E-state index in [4.69, 9.17) is 4.74 Å². The summed E-state index contributed by atoms with van der Waals surface area (Å²) in [6.45, 7) is 5.53. The van der Waals surface area contributed by atoms with Gasteiger partial charge in [0.1, 0.15) is 0 Å². The molecule has 1 rings (SSSR count). The van der Waals surface area contributed by atoms with Gasteiger partial charge in [0.15, 0.2) is 5.03 Å². The van der Waals surface area contributed by atoms with Gasteiger partial charge in [0.05, 0.1) is 12.8 Å². The van der Waals surface area contributed by atoms with Gasteiger partial charge in [0.2, 0.25) is 0 Å². The van der Waals surface area contributed by atoms with Crippen LogP contribution in [0.4, 0.5) is 0 Å². The Kier molecular flexibility index (Phi) is 5.60. The van der Waals surface area contributed by atoms with Crippen LogP contribution < -0.4 is 4.72 Å². The molecule has 0 aliphatic carbocycles. The number of aromatic nitrogens is 2. The Morgan fingerprint density at radius 3 is 2.82 bits per heavy atom. The Labute approximate surface area is 102 Å². The van der Waals surface area contributed by atoms with Crippen LogP contribution in [0.25, 0.3) is 0 Å². The first-order chi connectivity index (χ1) is 8.02. The molecule has 0 amide bonds. The number of hydrogen-bond donors (Lipinski definition) is 2. The molecule has 0 spiro atoms. The fraction of sp³-hybridized carbons (Fsp3) is 0.700. The third-order valence-corrected chi connectivity index (χ3v) is 3.53. The average molecular weight is 261 g/mol. The SMILES string of the molecule is CC(C)CCOCCNS(=O)(=O)c1ccn[nH]1. The molecule has 6 nitrogen and oxygen atoms in total. The summed E-state index contributed by atoms with van der Waals surface area (Å²) >= 11 is 0. The van der Waals surface area contributed by atoms with Crippen LogP contribution in [0, 0.1) is 5.92 Å². The zero-order valence-corrected chi connectivity index (χ0v) is 11.0. The predicted molar refractivity (Wildman–Crippen MR) is 64.1 cm³/mol. The molecule has 1 aromatic heterocycles. The van der Waals surface area contributed by atoms with Crippen molar-refractivity contribution in [3.05, 3.63) is 12.3 Å². The Morgan fingerprint density at radius 1 is 1.47 bits per heavy atom. The fourth-order valence-electron chi connectivity index (χ4n) is 1.14. The highest BCUT2D eigenvalue weighted by Gasteiger charge is 2.13. The lowest BCUT2D eigenvalue weighted by Gasteiger charge is -2.07. The molecule has 0 aliphatic rings. The molecule has 1 heterocycles. The second-order valence-electron chi connectivity index (χ2n) is 4.11. The van der Waals surface area contributed by atoms with Gasteiger partial charge in [-0.1, -0.05) is 13.8 Å². The number of aromatic amines is 1. The molecule has 0 radical (unpaired) electrons. The molecule has 0 fully saturated rings. The van der Waals surface area contributed by atoms with E-state index in [9.17, 15) is 8.42 Å². The van der Waals surface area contributed by atoms with E-state index in [1.807, 2.05) is 0 Å². The first-order valence-electron chi connectivity index (χ1n) is 5.59. The minimum atomic E-state index is -3.47. The molecule has 0 aliphatic heterocycles. The molecule has 0 bridgehead atoms. The Bertz CT molecular complexity index is 400. The first-order valence-corrected chi connectivity index (χ1v) is 7.07. The second-order valence-corrected chi connectivity index (χ2v) is 5.85. The van der Waals surface area contributed by atoms with Gasteiger partial charge in [0, 0.05) is 13.2 Å². The maximum absolute atomic E-state index is 11.6. The second kappa shape index (κ2) is 6.73.